The highest BCUT2D eigenvalue weighted by Gasteiger charge is 2.38. The number of nitrogens with zero attached hydrogens (tertiary/aromatic N) is 1. The van der Waals surface area contributed by atoms with Crippen LogP contribution in [0.5, 0.6) is 5.75 Å². The van der Waals surface area contributed by atoms with E-state index in [1.165, 1.54) is 30.3 Å². The van der Waals surface area contributed by atoms with Gasteiger partial charge >= 0.3 is 5.97 Å². The molecule has 0 saturated carbocycles. The summed E-state index contributed by atoms with van der Waals surface area (Å²) in [5, 5.41) is 2.61. The number of Topliss-reactive ketones (excluding diaryl/α,β-unsaturated/α-hetero) is 1. The molecule has 0 fully saturated rings. The summed E-state index contributed by atoms with van der Waals surface area (Å²) in [5.74, 6) is -2.20. The van der Waals surface area contributed by atoms with E-state index in [9.17, 15) is 24.0 Å². The van der Waals surface area contributed by atoms with Crippen molar-refractivity contribution in [2.45, 2.75) is 13.8 Å². The zero-order valence-corrected chi connectivity index (χ0v) is 19.4. The number of fused-ring (bicyclic) bond motifs is 2. The molecule has 2 heterocycles. The van der Waals surface area contributed by atoms with Gasteiger partial charge in [0, 0.05) is 5.56 Å². The molecule has 0 aromatic heterocycles. The highest BCUT2D eigenvalue weighted by molar-refractivity contribution is 6.35. The van der Waals surface area contributed by atoms with Gasteiger partial charge in [0.1, 0.15) is 5.75 Å². The van der Waals surface area contributed by atoms with Crippen LogP contribution in [0.15, 0.2) is 54.6 Å². The van der Waals surface area contributed by atoms with Gasteiger partial charge in [-0.05, 0) is 67.4 Å². The van der Waals surface area contributed by atoms with E-state index >= 15 is 0 Å². The van der Waals surface area contributed by atoms with Crippen LogP contribution >= 0.6 is 0 Å². The molecule has 0 aliphatic carbocycles. The Morgan fingerprint density at radius 3 is 2.47 bits per heavy atom. The van der Waals surface area contributed by atoms with E-state index in [4.69, 9.17) is 9.47 Å². The van der Waals surface area contributed by atoms with Crippen molar-refractivity contribution >= 4 is 40.8 Å². The summed E-state index contributed by atoms with van der Waals surface area (Å²) < 4.78 is 10.4. The molecule has 0 unspecified atom stereocenters. The SMILES string of the molecule is Cc1ccc(C)c(N2C(=O)c3ccc(C(=O)OCC(=O)c4ccc5c(c4)NC(=O)CO5)cc3C2=O)c1. The Kier molecular flexibility index (Phi) is 5.60. The average Bonchev–Trinajstić information content (AvgIpc) is 3.12. The largest absolute Gasteiger partial charge is 0.482 e. The number of amides is 3. The lowest BCUT2D eigenvalue weighted by molar-refractivity contribution is -0.118. The Balaban J connectivity index is 1.31. The fourth-order valence-electron chi connectivity index (χ4n) is 4.10. The summed E-state index contributed by atoms with van der Waals surface area (Å²) in [7, 11) is 0. The molecule has 1 N–H and O–H groups in total. The first kappa shape index (κ1) is 23.0. The number of hydrogen-bond acceptors (Lipinski definition) is 7. The van der Waals surface area contributed by atoms with Gasteiger partial charge in [0.25, 0.3) is 17.7 Å². The summed E-state index contributed by atoms with van der Waals surface area (Å²) >= 11 is 0. The number of ether oxygens (including phenoxy) is 2. The molecule has 0 saturated heterocycles. The topological polar surface area (TPSA) is 119 Å². The summed E-state index contributed by atoms with van der Waals surface area (Å²) in [5.41, 5.74) is 3.06. The molecule has 3 aromatic carbocycles. The number of ketones is 1. The van der Waals surface area contributed by atoms with Crippen LogP contribution in [0, 0.1) is 13.8 Å². The van der Waals surface area contributed by atoms with Crippen molar-refractivity contribution in [3.8, 4) is 5.75 Å². The van der Waals surface area contributed by atoms with Crippen LogP contribution in [0.4, 0.5) is 11.4 Å². The minimum absolute atomic E-state index is 0.0385. The number of nitrogens with one attached hydrogen (secondary N) is 1. The molecule has 0 spiro atoms. The predicted octanol–water partition coefficient (Wildman–Crippen LogP) is 3.47. The normalized spacial score (nSPS) is 14.1. The van der Waals surface area contributed by atoms with E-state index in [-0.39, 0.29) is 34.8 Å². The lowest BCUT2D eigenvalue weighted by atomic mass is 10.1. The standard InChI is InChI=1S/C27H20N2O7/c1-14-3-4-15(2)21(9-14)29-25(32)18-7-5-17(10-19(18)26(29)33)27(34)36-12-22(30)16-6-8-23-20(11-16)28-24(31)13-35-23/h3-11H,12-13H2,1-2H3,(H,28,31). The number of hydrogen-bond donors (Lipinski definition) is 1. The van der Waals surface area contributed by atoms with Crippen LogP contribution in [-0.2, 0) is 9.53 Å². The number of carbonyl (C=O) groups is 5. The van der Waals surface area contributed by atoms with E-state index in [0.717, 1.165) is 16.0 Å². The summed E-state index contributed by atoms with van der Waals surface area (Å²) in [6, 6.07) is 14.1. The van der Waals surface area contributed by atoms with Gasteiger partial charge in [-0.2, -0.15) is 0 Å². The summed E-state index contributed by atoms with van der Waals surface area (Å²) in [4.78, 5) is 63.8. The molecule has 3 amide bonds. The minimum Gasteiger partial charge on any atom is -0.482 e. The lowest BCUT2D eigenvalue weighted by Crippen LogP contribution is -2.30. The van der Waals surface area contributed by atoms with Crippen molar-refractivity contribution in [2.75, 3.05) is 23.4 Å². The smallest absolute Gasteiger partial charge is 0.338 e. The minimum atomic E-state index is -0.814. The van der Waals surface area contributed by atoms with Crippen molar-refractivity contribution in [3.05, 3.63) is 88.0 Å². The Hall–Kier alpha value is -4.79. The number of benzene rings is 3. The fourth-order valence-corrected chi connectivity index (χ4v) is 4.10. The number of carbonyl (C=O) groups excluding carboxylic acids is 5. The van der Waals surface area contributed by atoms with Crippen LogP contribution < -0.4 is 15.0 Å². The molecule has 9 nitrogen and oxygen atoms in total. The van der Waals surface area contributed by atoms with Gasteiger partial charge in [-0.3, -0.25) is 19.2 Å². The maximum Gasteiger partial charge on any atom is 0.338 e. The monoisotopic (exact) mass is 484 g/mol. The molecular formula is C27H20N2O7. The molecule has 2 aliphatic rings. The molecule has 180 valence electrons. The van der Waals surface area contributed by atoms with Crippen molar-refractivity contribution in [2.24, 2.45) is 0 Å². The number of esters is 1. The van der Waals surface area contributed by atoms with Crippen molar-refractivity contribution in [1.82, 2.24) is 0 Å². The fraction of sp³-hybridized carbons (Fsp3) is 0.148. The van der Waals surface area contributed by atoms with Crippen molar-refractivity contribution < 1.29 is 33.4 Å². The number of rotatable bonds is 5. The van der Waals surface area contributed by atoms with Crippen LogP contribution in [0.25, 0.3) is 0 Å². The second kappa shape index (κ2) is 8.77. The first-order valence-corrected chi connectivity index (χ1v) is 11.1. The zero-order chi connectivity index (χ0) is 25.6. The highest BCUT2D eigenvalue weighted by Crippen LogP contribution is 2.32. The van der Waals surface area contributed by atoms with Crippen LogP contribution in [-0.4, -0.2) is 42.7 Å². The van der Waals surface area contributed by atoms with Gasteiger partial charge in [-0.1, -0.05) is 12.1 Å². The van der Waals surface area contributed by atoms with E-state index in [1.807, 2.05) is 26.0 Å². The van der Waals surface area contributed by atoms with Crippen molar-refractivity contribution in [3.63, 3.8) is 0 Å². The molecule has 36 heavy (non-hydrogen) atoms. The van der Waals surface area contributed by atoms with Crippen LogP contribution in [0.3, 0.4) is 0 Å². The Morgan fingerprint density at radius 1 is 0.917 bits per heavy atom. The second-order valence-corrected chi connectivity index (χ2v) is 8.54. The Bertz CT molecular complexity index is 1490. The van der Waals surface area contributed by atoms with Gasteiger partial charge in [-0.15, -0.1) is 0 Å². The summed E-state index contributed by atoms with van der Waals surface area (Å²) in [6.07, 6.45) is 0. The molecular weight excluding hydrogens is 464 g/mol. The van der Waals surface area contributed by atoms with Crippen LogP contribution in [0.2, 0.25) is 0 Å². The maximum absolute atomic E-state index is 13.1. The first-order valence-electron chi connectivity index (χ1n) is 11.1. The van der Waals surface area contributed by atoms with Crippen LogP contribution in [0.1, 0.15) is 52.6 Å². The third-order valence-corrected chi connectivity index (χ3v) is 6.00. The number of imide groups is 1. The molecule has 0 radical (unpaired) electrons. The molecule has 2 aliphatic heterocycles. The van der Waals surface area contributed by atoms with E-state index in [2.05, 4.69) is 5.32 Å². The number of aryl methyl sites for hydroxylation is 2. The van der Waals surface area contributed by atoms with Gasteiger partial charge in [0.05, 0.1) is 28.1 Å². The first-order chi connectivity index (χ1) is 17.2. The van der Waals surface area contributed by atoms with E-state index in [0.29, 0.717) is 17.1 Å². The molecule has 5 rings (SSSR count). The second-order valence-electron chi connectivity index (χ2n) is 8.54. The Labute approximate surface area is 205 Å². The maximum atomic E-state index is 13.1. The van der Waals surface area contributed by atoms with Gasteiger partial charge in [-0.25, -0.2) is 9.69 Å². The van der Waals surface area contributed by atoms with E-state index in [1.54, 1.807) is 12.1 Å². The van der Waals surface area contributed by atoms with Gasteiger partial charge in [0.2, 0.25) is 0 Å². The molecule has 0 bridgehead atoms. The average molecular weight is 484 g/mol. The van der Waals surface area contributed by atoms with E-state index < -0.39 is 30.2 Å². The molecule has 0 atom stereocenters. The lowest BCUT2D eigenvalue weighted by Gasteiger charge is -2.18. The summed E-state index contributed by atoms with van der Waals surface area (Å²) in [6.45, 7) is 3.02. The molecule has 9 heteroatoms. The van der Waals surface area contributed by atoms with Gasteiger partial charge in [0.15, 0.2) is 19.0 Å². The van der Waals surface area contributed by atoms with Gasteiger partial charge < -0.3 is 14.8 Å². The highest BCUT2D eigenvalue weighted by atomic mass is 16.5. The third-order valence-electron chi connectivity index (χ3n) is 6.00. The number of anilines is 2. The predicted molar refractivity (Wildman–Crippen MR) is 129 cm³/mol. The van der Waals surface area contributed by atoms with Crippen molar-refractivity contribution in [1.29, 1.82) is 0 Å². The zero-order valence-electron chi connectivity index (χ0n) is 19.4. The Morgan fingerprint density at radius 2 is 1.67 bits per heavy atom. The quantitative estimate of drug-likeness (QED) is 0.335. The molecule has 3 aromatic rings. The third kappa shape index (κ3) is 4.00.